The first kappa shape index (κ1) is 9.95. The lowest BCUT2D eigenvalue weighted by Gasteiger charge is -2.09. The zero-order valence-corrected chi connectivity index (χ0v) is 9.20. The fourth-order valence-corrected chi connectivity index (χ4v) is 6.94. The lowest BCUT2D eigenvalue weighted by molar-refractivity contribution is -0.0593. The summed E-state index contributed by atoms with van der Waals surface area (Å²) in [5, 5.41) is 0.494. The van der Waals surface area contributed by atoms with Gasteiger partial charge in [-0.3, -0.25) is 0 Å². The van der Waals surface area contributed by atoms with Crippen molar-refractivity contribution in [2.24, 2.45) is 12.5 Å². The maximum atomic E-state index is 12.4. The van der Waals surface area contributed by atoms with Gasteiger partial charge in [0.1, 0.15) is 0 Å². The summed E-state index contributed by atoms with van der Waals surface area (Å²) < 4.78 is 48.8. The summed E-state index contributed by atoms with van der Waals surface area (Å²) in [6.45, 7) is 0. The number of hydrogen-bond donors (Lipinski definition) is 0. The van der Waals surface area contributed by atoms with Gasteiger partial charge in [-0.1, -0.05) is 6.42 Å². The molecule has 84 valence electrons. The van der Waals surface area contributed by atoms with E-state index in [0.717, 1.165) is 19.3 Å². The monoisotopic (exact) mass is 255 g/mol. The third kappa shape index (κ3) is 1.49. The molecule has 0 spiro atoms. The first-order valence-electron chi connectivity index (χ1n) is 4.62. The molecule has 8 heteroatoms. The van der Waals surface area contributed by atoms with E-state index in [4.69, 9.17) is 0 Å². The number of nitrogens with zero attached hydrogens (tertiary/aromatic N) is 3. The van der Waals surface area contributed by atoms with Crippen molar-refractivity contribution in [2.45, 2.75) is 35.9 Å². The molecule has 1 saturated carbocycles. The highest BCUT2D eigenvalue weighted by Crippen LogP contribution is 2.39. The van der Waals surface area contributed by atoms with E-state index in [9.17, 15) is 13.2 Å². The van der Waals surface area contributed by atoms with Gasteiger partial charge in [0, 0.05) is 21.8 Å². The second-order valence-corrected chi connectivity index (χ2v) is 7.01. The highest BCUT2D eigenvalue weighted by molar-refractivity contribution is 8.02. The molecular formula is C7H8F3N3S2. The smallest absolute Gasteiger partial charge is 0.179 e. The van der Waals surface area contributed by atoms with Gasteiger partial charge < -0.3 is 0 Å². The van der Waals surface area contributed by atoms with Crippen LogP contribution in [0, 0.1) is 0 Å². The van der Waals surface area contributed by atoms with Crippen molar-refractivity contribution in [1.29, 1.82) is 0 Å². The highest BCUT2D eigenvalue weighted by atomic mass is 32.2. The SMILES string of the molecule is FC(F)(F)C1=NS2=N[S@@](=N1)[C@@H]1CCC[C@@H]12. The molecule has 0 aromatic carbocycles. The van der Waals surface area contributed by atoms with Crippen molar-refractivity contribution in [3.8, 4) is 0 Å². The molecule has 3 nitrogen and oxygen atoms in total. The average molecular weight is 255 g/mol. The van der Waals surface area contributed by atoms with Crippen LogP contribution in [0.3, 0.4) is 0 Å². The van der Waals surface area contributed by atoms with Crippen LogP contribution in [0.25, 0.3) is 0 Å². The number of rotatable bonds is 0. The minimum absolute atomic E-state index is 0.247. The minimum atomic E-state index is -4.40. The van der Waals surface area contributed by atoms with Gasteiger partial charge in [-0.05, 0) is 12.8 Å². The van der Waals surface area contributed by atoms with Crippen LogP contribution in [-0.2, 0) is 21.8 Å². The largest absolute Gasteiger partial charge is 0.452 e. The zero-order chi connectivity index (χ0) is 10.6. The van der Waals surface area contributed by atoms with Crippen LogP contribution in [0.1, 0.15) is 19.3 Å². The summed E-state index contributed by atoms with van der Waals surface area (Å²) in [6, 6.07) is 0. The maximum absolute atomic E-state index is 12.4. The highest BCUT2D eigenvalue weighted by Gasteiger charge is 2.46. The van der Waals surface area contributed by atoms with Gasteiger partial charge in [0.05, 0.1) is 10.5 Å². The summed E-state index contributed by atoms with van der Waals surface area (Å²) in [7, 11) is -1.50. The Kier molecular flexibility index (Phi) is 2.08. The van der Waals surface area contributed by atoms with E-state index >= 15 is 0 Å². The second kappa shape index (κ2) is 3.13. The number of fused-ring (bicyclic) bond motifs is 4. The molecule has 0 N–H and O–H groups in total. The fourth-order valence-electron chi connectivity index (χ4n) is 2.03. The molecular weight excluding hydrogens is 247 g/mol. The number of halogens is 3. The van der Waals surface area contributed by atoms with E-state index < -0.39 is 33.8 Å². The molecule has 2 bridgehead atoms. The first-order chi connectivity index (χ1) is 7.05. The van der Waals surface area contributed by atoms with Crippen LogP contribution in [0.5, 0.6) is 0 Å². The third-order valence-electron chi connectivity index (χ3n) is 2.70. The van der Waals surface area contributed by atoms with Gasteiger partial charge in [-0.2, -0.15) is 25.7 Å². The molecule has 0 aromatic heterocycles. The summed E-state index contributed by atoms with van der Waals surface area (Å²) in [5.74, 6) is -0.932. The topological polar surface area (TPSA) is 37.1 Å². The molecule has 0 amide bonds. The third-order valence-corrected chi connectivity index (χ3v) is 7.03. The normalized spacial score (nSPS) is 43.0. The fraction of sp³-hybridized carbons (Fsp3) is 0.857. The Balaban J connectivity index is 2.02. The van der Waals surface area contributed by atoms with Crippen LogP contribution in [-0.4, -0.2) is 22.5 Å². The number of hydrogen-bond acceptors (Lipinski definition) is 3. The van der Waals surface area contributed by atoms with Crippen molar-refractivity contribution < 1.29 is 13.2 Å². The number of alkyl halides is 3. The predicted octanol–water partition coefficient (Wildman–Crippen LogP) is 2.33. The van der Waals surface area contributed by atoms with E-state index in [1.54, 1.807) is 0 Å². The summed E-state index contributed by atoms with van der Waals surface area (Å²) in [5.41, 5.74) is 0. The molecule has 1 aliphatic carbocycles. The molecule has 0 aromatic rings. The minimum Gasteiger partial charge on any atom is -0.179 e. The molecule has 0 saturated heterocycles. The van der Waals surface area contributed by atoms with Crippen molar-refractivity contribution in [3.05, 3.63) is 0 Å². The maximum Gasteiger partial charge on any atom is 0.452 e. The Labute approximate surface area is 89.6 Å². The lowest BCUT2D eigenvalue weighted by Crippen LogP contribution is -2.22. The van der Waals surface area contributed by atoms with Gasteiger partial charge in [0.15, 0.2) is 0 Å². The van der Waals surface area contributed by atoms with Gasteiger partial charge in [-0.15, -0.1) is 0 Å². The zero-order valence-electron chi connectivity index (χ0n) is 7.57. The first-order valence-corrected chi connectivity index (χ1v) is 7.02. The van der Waals surface area contributed by atoms with Crippen molar-refractivity contribution in [3.63, 3.8) is 0 Å². The lowest BCUT2D eigenvalue weighted by atomic mass is 10.4. The van der Waals surface area contributed by atoms with Crippen molar-refractivity contribution >= 4 is 27.6 Å². The quantitative estimate of drug-likeness (QED) is 0.637. The van der Waals surface area contributed by atoms with Crippen LogP contribution < -0.4 is 0 Å². The van der Waals surface area contributed by atoms with Crippen LogP contribution >= 0.6 is 0 Å². The van der Waals surface area contributed by atoms with E-state index in [0.29, 0.717) is 0 Å². The summed E-state index contributed by atoms with van der Waals surface area (Å²) >= 11 is 0. The van der Waals surface area contributed by atoms with Crippen molar-refractivity contribution in [1.82, 2.24) is 0 Å². The van der Waals surface area contributed by atoms with E-state index in [1.165, 1.54) is 0 Å². The molecule has 1 fully saturated rings. The Morgan fingerprint density at radius 1 is 1.13 bits per heavy atom. The standard InChI is InChI=1S/C7H8F3N3S2/c8-7(9,10)6-11-14-4-2-1-3-5(4)15(12-6)13-14/h4-5H,1-3H2/t4-,5+,14-,15?/m1/s1. The van der Waals surface area contributed by atoms with Gasteiger partial charge in [-0.25, -0.2) is 0 Å². The van der Waals surface area contributed by atoms with E-state index in [-0.39, 0.29) is 10.5 Å². The van der Waals surface area contributed by atoms with Gasteiger partial charge >= 0.3 is 6.18 Å². The van der Waals surface area contributed by atoms with Gasteiger partial charge in [0.25, 0.3) is 5.84 Å². The molecule has 2 heterocycles. The molecule has 3 aliphatic rings. The Morgan fingerprint density at radius 3 is 2.47 bits per heavy atom. The van der Waals surface area contributed by atoms with E-state index in [2.05, 4.69) is 12.5 Å². The number of amidine groups is 1. The Hall–Kier alpha value is -0.240. The van der Waals surface area contributed by atoms with Crippen LogP contribution in [0.4, 0.5) is 13.2 Å². The van der Waals surface area contributed by atoms with Crippen LogP contribution in [0.2, 0.25) is 0 Å². The predicted molar refractivity (Wildman–Crippen MR) is 54.5 cm³/mol. The summed E-state index contributed by atoms with van der Waals surface area (Å²) in [6.07, 6.45) is -1.38. The Morgan fingerprint density at radius 2 is 1.80 bits per heavy atom. The molecule has 15 heavy (non-hydrogen) atoms. The molecule has 1 unspecified atom stereocenters. The van der Waals surface area contributed by atoms with Gasteiger partial charge in [0.2, 0.25) is 0 Å². The average Bonchev–Trinajstić information content (AvgIpc) is 2.70. The molecule has 4 atom stereocenters. The Bertz CT molecular complexity index is 412. The molecule has 3 rings (SSSR count). The molecule has 2 aliphatic heterocycles. The van der Waals surface area contributed by atoms with Crippen molar-refractivity contribution in [2.75, 3.05) is 0 Å². The van der Waals surface area contributed by atoms with E-state index in [1.807, 2.05) is 0 Å². The van der Waals surface area contributed by atoms with Crippen LogP contribution in [0.15, 0.2) is 12.5 Å². The summed E-state index contributed by atoms with van der Waals surface area (Å²) in [4.78, 5) is 0. The second-order valence-electron chi connectivity index (χ2n) is 3.67. The molecule has 0 radical (unpaired) electrons.